The molecule has 26 heteroatoms. The van der Waals surface area contributed by atoms with Crippen LogP contribution in [0.5, 0.6) is 0 Å². The van der Waals surface area contributed by atoms with Gasteiger partial charge in [0.25, 0.3) is 6.17 Å². The average molecular weight is 686 g/mol. The van der Waals surface area contributed by atoms with Crippen molar-refractivity contribution in [3.8, 4) is 0 Å². The minimum absolute atomic E-state index is 0.333. The van der Waals surface area contributed by atoms with Gasteiger partial charge in [0.05, 0.1) is 0 Å². The summed E-state index contributed by atoms with van der Waals surface area (Å²) in [6, 6.07) is 0. The first-order chi connectivity index (χ1) is 17.7. The summed E-state index contributed by atoms with van der Waals surface area (Å²) in [5.74, 6) is -84.9. The van der Waals surface area contributed by atoms with Crippen molar-refractivity contribution >= 4 is 5.97 Å². The first-order valence-electron chi connectivity index (χ1n) is 9.11. The van der Waals surface area contributed by atoms with Gasteiger partial charge < -0.3 is 4.74 Å². The maximum absolute atomic E-state index is 13.7. The summed E-state index contributed by atoms with van der Waals surface area (Å²) in [6.45, 7) is 2.77. The molecular formula is C16H6F24O2. The van der Waals surface area contributed by atoms with Crippen LogP contribution in [0.2, 0.25) is 0 Å². The fourth-order valence-corrected chi connectivity index (χ4v) is 2.20. The third-order valence-corrected chi connectivity index (χ3v) is 4.73. The van der Waals surface area contributed by atoms with Gasteiger partial charge in [0.15, 0.2) is 0 Å². The van der Waals surface area contributed by atoms with Crippen LogP contribution in [0.3, 0.4) is 0 Å². The predicted octanol–water partition coefficient (Wildman–Crippen LogP) is 8.32. The standard InChI is InChI=1S/C16H6F24O2/c1-3(2)4(41)42-7(20,21)5(17)6(18,19)8(22,23)9(24,25)10(26,27)11(28,29)12(30,31)13(32,33)14(34,35)15(36,37)16(38,39)40/h5H,1H2,2H3. The lowest BCUT2D eigenvalue weighted by atomic mass is 9.85. The van der Waals surface area contributed by atoms with Crippen LogP contribution in [0.15, 0.2) is 12.2 Å². The normalized spacial score (nSPS) is 16.8. The van der Waals surface area contributed by atoms with E-state index in [1.807, 2.05) is 0 Å². The molecule has 250 valence electrons. The van der Waals surface area contributed by atoms with Crippen LogP contribution in [0.25, 0.3) is 0 Å². The minimum Gasteiger partial charge on any atom is -0.395 e. The van der Waals surface area contributed by atoms with Crippen LogP contribution in [0, 0.1) is 0 Å². The predicted molar refractivity (Wildman–Crippen MR) is 81.3 cm³/mol. The minimum atomic E-state index is -9.53. The van der Waals surface area contributed by atoms with Crippen LogP contribution in [0.1, 0.15) is 6.92 Å². The molecule has 0 saturated heterocycles. The van der Waals surface area contributed by atoms with E-state index in [1.165, 1.54) is 0 Å². The molecule has 0 N–H and O–H groups in total. The number of hydrogen-bond donors (Lipinski definition) is 0. The van der Waals surface area contributed by atoms with Crippen molar-refractivity contribution in [1.82, 2.24) is 0 Å². The quantitative estimate of drug-likeness (QED) is 0.117. The topological polar surface area (TPSA) is 26.3 Å². The van der Waals surface area contributed by atoms with E-state index in [9.17, 15) is 110 Å². The number of esters is 1. The molecule has 0 aromatic carbocycles. The molecular weight excluding hydrogens is 680 g/mol. The Hall–Kier alpha value is -2.47. The Morgan fingerprint density at radius 3 is 0.976 bits per heavy atom. The molecule has 2 nitrogen and oxygen atoms in total. The second kappa shape index (κ2) is 10.0. The highest BCUT2D eigenvalue weighted by molar-refractivity contribution is 5.87. The molecule has 0 bridgehead atoms. The highest BCUT2D eigenvalue weighted by Crippen LogP contribution is 2.66. The monoisotopic (exact) mass is 686 g/mol. The molecule has 0 aliphatic heterocycles. The molecule has 0 aliphatic carbocycles. The van der Waals surface area contributed by atoms with Crippen LogP contribution in [-0.2, 0) is 9.53 Å². The summed E-state index contributed by atoms with van der Waals surface area (Å²) >= 11 is 0. The van der Waals surface area contributed by atoms with Gasteiger partial charge in [0.1, 0.15) is 0 Å². The Labute approximate surface area is 213 Å². The number of carbonyl (C=O) groups excluding carboxylic acids is 1. The molecule has 1 atom stereocenters. The number of ether oxygens (including phenoxy) is 1. The fraction of sp³-hybridized carbons (Fsp3) is 0.812. The van der Waals surface area contributed by atoms with Crippen LogP contribution in [-0.4, -0.2) is 77.7 Å². The lowest BCUT2D eigenvalue weighted by Crippen LogP contribution is -2.77. The highest BCUT2D eigenvalue weighted by atomic mass is 19.4. The van der Waals surface area contributed by atoms with Crippen molar-refractivity contribution in [2.24, 2.45) is 0 Å². The Morgan fingerprint density at radius 2 is 0.738 bits per heavy atom. The summed E-state index contributed by atoms with van der Waals surface area (Å²) in [5, 5.41) is 0. The van der Waals surface area contributed by atoms with Gasteiger partial charge in [-0.3, -0.25) is 0 Å². The van der Waals surface area contributed by atoms with Gasteiger partial charge in [-0.15, -0.1) is 0 Å². The highest BCUT2D eigenvalue weighted by Gasteiger charge is 2.98. The molecule has 0 aromatic rings. The first kappa shape index (κ1) is 39.5. The van der Waals surface area contributed by atoms with Gasteiger partial charge in [0, 0.05) is 5.57 Å². The lowest BCUT2D eigenvalue weighted by Gasteiger charge is -2.45. The third-order valence-electron chi connectivity index (χ3n) is 4.73. The van der Waals surface area contributed by atoms with E-state index in [4.69, 9.17) is 0 Å². The fourth-order valence-electron chi connectivity index (χ4n) is 2.20. The molecule has 0 aliphatic rings. The third kappa shape index (κ3) is 5.06. The maximum Gasteiger partial charge on any atom is 0.460 e. The molecule has 0 rings (SSSR count). The smallest absolute Gasteiger partial charge is 0.395 e. The zero-order chi connectivity index (χ0) is 34.9. The summed E-state index contributed by atoms with van der Waals surface area (Å²) in [4.78, 5) is 10.8. The molecule has 1 unspecified atom stereocenters. The Morgan fingerprint density at radius 1 is 0.500 bits per heavy atom. The zero-order valence-corrected chi connectivity index (χ0v) is 18.7. The van der Waals surface area contributed by atoms with E-state index in [-0.39, 0.29) is 0 Å². The van der Waals surface area contributed by atoms with Gasteiger partial charge in [-0.1, -0.05) is 6.58 Å². The van der Waals surface area contributed by atoms with E-state index < -0.39 is 83.3 Å². The lowest BCUT2D eigenvalue weighted by molar-refractivity contribution is -0.477. The molecule has 42 heavy (non-hydrogen) atoms. The Bertz CT molecular complexity index is 1040. The SMILES string of the molecule is C=C(C)C(=O)OC(F)(F)C(F)C(F)(F)C(F)(F)C(F)(F)C(F)(F)C(F)(F)C(F)(F)C(F)(F)C(F)(F)C(F)(F)C(F)(F)F. The Balaban J connectivity index is 7.16. The van der Waals surface area contributed by atoms with Crippen molar-refractivity contribution in [3.05, 3.63) is 12.2 Å². The number of carbonyl (C=O) groups is 1. The van der Waals surface area contributed by atoms with Crippen molar-refractivity contribution < 1.29 is 115 Å². The molecule has 0 radical (unpaired) electrons. The van der Waals surface area contributed by atoms with Crippen LogP contribution in [0.4, 0.5) is 105 Å². The molecule has 0 saturated carbocycles. The summed E-state index contributed by atoms with van der Waals surface area (Å²) < 4.78 is 320. The number of rotatable bonds is 12. The summed E-state index contributed by atoms with van der Waals surface area (Å²) in [7, 11) is 0. The number of alkyl halides is 24. The largest absolute Gasteiger partial charge is 0.460 e. The van der Waals surface area contributed by atoms with Crippen LogP contribution >= 0.6 is 0 Å². The molecule has 0 fully saturated rings. The molecule has 0 heterocycles. The van der Waals surface area contributed by atoms with E-state index in [2.05, 4.69) is 11.3 Å². The average Bonchev–Trinajstić information content (AvgIpc) is 2.76. The van der Waals surface area contributed by atoms with Crippen molar-refractivity contribution in [1.29, 1.82) is 0 Å². The van der Waals surface area contributed by atoms with Crippen molar-refractivity contribution in [2.75, 3.05) is 0 Å². The van der Waals surface area contributed by atoms with E-state index in [0.717, 1.165) is 0 Å². The first-order valence-corrected chi connectivity index (χ1v) is 9.11. The molecule has 0 spiro atoms. The van der Waals surface area contributed by atoms with Gasteiger partial charge in [-0.2, -0.15) is 101 Å². The molecule has 0 amide bonds. The van der Waals surface area contributed by atoms with E-state index >= 15 is 0 Å². The van der Waals surface area contributed by atoms with Crippen molar-refractivity contribution in [2.45, 2.75) is 78.7 Å². The van der Waals surface area contributed by atoms with E-state index in [0.29, 0.717) is 6.92 Å². The van der Waals surface area contributed by atoms with Gasteiger partial charge in [-0.25, -0.2) is 9.18 Å². The van der Waals surface area contributed by atoms with Gasteiger partial charge in [0.2, 0.25) is 0 Å². The summed E-state index contributed by atoms with van der Waals surface area (Å²) in [6.07, 6.45) is -21.6. The zero-order valence-electron chi connectivity index (χ0n) is 18.7. The maximum atomic E-state index is 13.7. The van der Waals surface area contributed by atoms with E-state index in [1.54, 1.807) is 0 Å². The second-order valence-corrected chi connectivity index (χ2v) is 7.81. The van der Waals surface area contributed by atoms with Gasteiger partial charge in [-0.05, 0) is 6.92 Å². The number of halogens is 24. The van der Waals surface area contributed by atoms with Gasteiger partial charge >= 0.3 is 71.6 Å². The van der Waals surface area contributed by atoms with Crippen LogP contribution < -0.4 is 0 Å². The number of hydrogen-bond acceptors (Lipinski definition) is 2. The molecule has 0 aromatic heterocycles. The second-order valence-electron chi connectivity index (χ2n) is 7.81. The van der Waals surface area contributed by atoms with Crippen molar-refractivity contribution in [3.63, 3.8) is 0 Å². The summed E-state index contributed by atoms with van der Waals surface area (Å²) in [5.41, 5.74) is -1.34. The Kier molecular flexibility index (Phi) is 9.45.